The van der Waals surface area contributed by atoms with E-state index in [2.05, 4.69) is 25.5 Å². The van der Waals surface area contributed by atoms with Gasteiger partial charge in [0, 0.05) is 31.9 Å². The Bertz CT molecular complexity index is 718. The number of aromatic nitrogens is 2. The second kappa shape index (κ2) is 10.2. The number of rotatable bonds is 6. The van der Waals surface area contributed by atoms with E-state index >= 15 is 0 Å². The zero-order valence-electron chi connectivity index (χ0n) is 14.4. The lowest BCUT2D eigenvalue weighted by Crippen LogP contribution is -2.38. The van der Waals surface area contributed by atoms with Gasteiger partial charge in [-0.1, -0.05) is 18.2 Å². The van der Waals surface area contributed by atoms with Gasteiger partial charge >= 0.3 is 6.36 Å². The van der Waals surface area contributed by atoms with E-state index in [-0.39, 0.29) is 36.3 Å². The molecule has 0 atom stereocenters. The van der Waals surface area contributed by atoms with Gasteiger partial charge in [-0.05, 0) is 18.6 Å². The molecular formula is C16H21F3IN5O. The van der Waals surface area contributed by atoms with Gasteiger partial charge in [0.2, 0.25) is 0 Å². The molecule has 6 nitrogen and oxygen atoms in total. The summed E-state index contributed by atoms with van der Waals surface area (Å²) in [6.07, 6.45) is -1.04. The van der Waals surface area contributed by atoms with Crippen LogP contribution in [0.1, 0.15) is 11.1 Å². The van der Waals surface area contributed by atoms with Gasteiger partial charge in [-0.2, -0.15) is 5.10 Å². The van der Waals surface area contributed by atoms with Crippen molar-refractivity contribution < 1.29 is 17.9 Å². The summed E-state index contributed by atoms with van der Waals surface area (Å²) in [5.74, 6) is 0.246. The van der Waals surface area contributed by atoms with Crippen molar-refractivity contribution in [1.29, 1.82) is 0 Å². The molecule has 2 N–H and O–H groups in total. The van der Waals surface area contributed by atoms with Crippen LogP contribution in [0.3, 0.4) is 0 Å². The number of nitrogens with zero attached hydrogens (tertiary/aromatic N) is 3. The Balaban J connectivity index is 0.00000338. The minimum atomic E-state index is -4.72. The highest BCUT2D eigenvalue weighted by atomic mass is 127. The second-order valence-corrected chi connectivity index (χ2v) is 5.29. The third-order valence-electron chi connectivity index (χ3n) is 3.26. The number of aryl methyl sites for hydroxylation is 1. The Hall–Kier alpha value is -1.98. The van der Waals surface area contributed by atoms with E-state index in [0.717, 1.165) is 5.56 Å². The maximum atomic E-state index is 12.4. The van der Waals surface area contributed by atoms with Crippen molar-refractivity contribution in [2.75, 3.05) is 13.6 Å². The summed E-state index contributed by atoms with van der Waals surface area (Å²) in [6.45, 7) is 3.31. The molecule has 0 aliphatic rings. The van der Waals surface area contributed by atoms with Gasteiger partial charge < -0.3 is 15.4 Å². The summed E-state index contributed by atoms with van der Waals surface area (Å²) < 4.78 is 43.1. The molecular weight excluding hydrogens is 462 g/mol. The van der Waals surface area contributed by atoms with Gasteiger partial charge in [0.25, 0.3) is 0 Å². The molecule has 10 heteroatoms. The van der Waals surface area contributed by atoms with Gasteiger partial charge in [0.05, 0.1) is 12.7 Å². The van der Waals surface area contributed by atoms with Gasteiger partial charge in [-0.25, -0.2) is 0 Å². The Morgan fingerprint density at radius 1 is 1.27 bits per heavy atom. The Morgan fingerprint density at radius 3 is 2.62 bits per heavy atom. The van der Waals surface area contributed by atoms with Crippen molar-refractivity contribution in [3.8, 4) is 5.75 Å². The number of ether oxygens (including phenoxy) is 1. The summed E-state index contributed by atoms with van der Waals surface area (Å²) in [6, 6.07) is 5.98. The van der Waals surface area contributed by atoms with Crippen LogP contribution in [0, 0.1) is 6.92 Å². The van der Waals surface area contributed by atoms with Crippen LogP contribution in [0.5, 0.6) is 5.75 Å². The van der Waals surface area contributed by atoms with Crippen molar-refractivity contribution in [2.45, 2.75) is 26.4 Å². The van der Waals surface area contributed by atoms with Crippen LogP contribution in [-0.4, -0.2) is 35.7 Å². The van der Waals surface area contributed by atoms with Crippen molar-refractivity contribution in [1.82, 2.24) is 20.4 Å². The number of guanidine groups is 1. The van der Waals surface area contributed by atoms with Gasteiger partial charge in [-0.15, -0.1) is 37.1 Å². The largest absolute Gasteiger partial charge is 0.573 e. The predicted molar refractivity (Wildman–Crippen MR) is 104 cm³/mol. The number of alkyl halides is 3. The molecule has 0 radical (unpaired) electrons. The zero-order valence-corrected chi connectivity index (χ0v) is 16.7. The van der Waals surface area contributed by atoms with E-state index in [1.165, 1.54) is 12.1 Å². The molecule has 1 heterocycles. The molecule has 1 aromatic carbocycles. The van der Waals surface area contributed by atoms with E-state index in [1.807, 2.05) is 13.1 Å². The SMILES string of the molecule is CN=C(NCCn1cc(C)cn1)NCc1ccccc1OC(F)(F)F.I. The average Bonchev–Trinajstić information content (AvgIpc) is 2.96. The topological polar surface area (TPSA) is 63.5 Å². The molecule has 2 aromatic rings. The van der Waals surface area contributed by atoms with Crippen molar-refractivity contribution in [3.63, 3.8) is 0 Å². The molecule has 0 bridgehead atoms. The lowest BCUT2D eigenvalue weighted by molar-refractivity contribution is -0.274. The molecule has 0 spiro atoms. The van der Waals surface area contributed by atoms with Crippen LogP contribution >= 0.6 is 24.0 Å². The second-order valence-electron chi connectivity index (χ2n) is 5.29. The maximum absolute atomic E-state index is 12.4. The Morgan fingerprint density at radius 2 is 2.00 bits per heavy atom. The number of hydrogen-bond acceptors (Lipinski definition) is 3. The van der Waals surface area contributed by atoms with Crippen LogP contribution in [0.25, 0.3) is 0 Å². The molecule has 0 fully saturated rings. The average molecular weight is 483 g/mol. The molecule has 0 saturated heterocycles. The van der Waals surface area contributed by atoms with Gasteiger partial charge in [0.15, 0.2) is 5.96 Å². The molecule has 1 aromatic heterocycles. The van der Waals surface area contributed by atoms with Crippen molar-refractivity contribution in [3.05, 3.63) is 47.8 Å². The van der Waals surface area contributed by atoms with Crippen LogP contribution in [-0.2, 0) is 13.1 Å². The molecule has 0 unspecified atom stereocenters. The zero-order chi connectivity index (χ0) is 18.3. The van der Waals surface area contributed by atoms with Crippen LogP contribution in [0.15, 0.2) is 41.7 Å². The highest BCUT2D eigenvalue weighted by Gasteiger charge is 2.31. The first-order valence-electron chi connectivity index (χ1n) is 7.64. The van der Waals surface area contributed by atoms with E-state index in [0.29, 0.717) is 24.6 Å². The third-order valence-corrected chi connectivity index (χ3v) is 3.26. The quantitative estimate of drug-likeness (QED) is 0.377. The van der Waals surface area contributed by atoms with Crippen molar-refractivity contribution in [2.24, 2.45) is 4.99 Å². The predicted octanol–water partition coefficient (Wildman–Crippen LogP) is 3.07. The van der Waals surface area contributed by atoms with E-state index < -0.39 is 6.36 Å². The highest BCUT2D eigenvalue weighted by Crippen LogP contribution is 2.25. The normalized spacial score (nSPS) is 11.7. The lowest BCUT2D eigenvalue weighted by atomic mass is 10.2. The summed E-state index contributed by atoms with van der Waals surface area (Å²) in [5, 5.41) is 10.2. The first kappa shape index (κ1) is 22.1. The molecule has 0 amide bonds. The standard InChI is InChI=1S/C16H20F3N5O.HI/c1-12-9-23-24(11-12)8-7-21-15(20-2)22-10-13-5-3-4-6-14(13)25-16(17,18)19;/h3-6,9,11H,7-8,10H2,1-2H3,(H2,20,21,22);1H. The molecule has 0 aliphatic heterocycles. The Labute approximate surface area is 166 Å². The monoisotopic (exact) mass is 483 g/mol. The molecule has 0 aliphatic carbocycles. The summed E-state index contributed by atoms with van der Waals surface area (Å²) in [5.41, 5.74) is 1.45. The molecule has 26 heavy (non-hydrogen) atoms. The van der Waals surface area contributed by atoms with E-state index in [1.54, 1.807) is 30.1 Å². The smallest absolute Gasteiger partial charge is 0.405 e. The van der Waals surface area contributed by atoms with Crippen LogP contribution < -0.4 is 15.4 Å². The number of halogens is 4. The summed E-state index contributed by atoms with van der Waals surface area (Å²) >= 11 is 0. The maximum Gasteiger partial charge on any atom is 0.573 e. The fourth-order valence-electron chi connectivity index (χ4n) is 2.15. The number of nitrogens with one attached hydrogen (secondary N) is 2. The molecule has 144 valence electrons. The summed E-state index contributed by atoms with van der Waals surface area (Å²) in [4.78, 5) is 4.05. The van der Waals surface area contributed by atoms with Crippen LogP contribution in [0.2, 0.25) is 0 Å². The van der Waals surface area contributed by atoms with Crippen LogP contribution in [0.4, 0.5) is 13.2 Å². The first-order chi connectivity index (χ1) is 11.9. The highest BCUT2D eigenvalue weighted by molar-refractivity contribution is 14.0. The third kappa shape index (κ3) is 7.50. The number of benzene rings is 1. The van der Waals surface area contributed by atoms with Gasteiger partial charge in [-0.3, -0.25) is 9.67 Å². The summed E-state index contributed by atoms with van der Waals surface area (Å²) in [7, 11) is 1.59. The molecule has 0 saturated carbocycles. The fraction of sp³-hybridized carbons (Fsp3) is 0.375. The lowest BCUT2D eigenvalue weighted by Gasteiger charge is -2.15. The van der Waals surface area contributed by atoms with E-state index in [9.17, 15) is 13.2 Å². The van der Waals surface area contributed by atoms with E-state index in [4.69, 9.17) is 0 Å². The Kier molecular flexibility index (Phi) is 8.69. The minimum Gasteiger partial charge on any atom is -0.405 e. The van der Waals surface area contributed by atoms with Gasteiger partial charge in [0.1, 0.15) is 5.75 Å². The number of hydrogen-bond donors (Lipinski definition) is 2. The number of aliphatic imine (C=N–C) groups is 1. The first-order valence-corrected chi connectivity index (χ1v) is 7.64. The fourth-order valence-corrected chi connectivity index (χ4v) is 2.15. The molecule has 2 rings (SSSR count). The minimum absolute atomic E-state index is 0. The number of para-hydroxylation sites is 1. The van der Waals surface area contributed by atoms with Crippen molar-refractivity contribution >= 4 is 29.9 Å².